The Morgan fingerprint density at radius 2 is 0.833 bits per heavy atom. The second-order valence-electron chi connectivity index (χ2n) is 18.4. The van der Waals surface area contributed by atoms with Gasteiger partial charge < -0.3 is 9.47 Å². The molecular weight excluding hydrogens is 797 g/mol. The number of aromatic nitrogens is 1. The summed E-state index contributed by atoms with van der Waals surface area (Å²) in [5.74, 6) is 0. The van der Waals surface area contributed by atoms with Gasteiger partial charge >= 0.3 is 0 Å². The summed E-state index contributed by atoms with van der Waals surface area (Å²) >= 11 is 0. The Labute approximate surface area is 386 Å². The van der Waals surface area contributed by atoms with E-state index in [1.807, 2.05) is 0 Å². The van der Waals surface area contributed by atoms with Crippen molar-refractivity contribution in [2.24, 2.45) is 0 Å². The normalized spacial score (nSPS) is 13.8. The molecule has 13 rings (SSSR count). The summed E-state index contributed by atoms with van der Waals surface area (Å²) in [5, 5.41) is 2.53. The highest BCUT2D eigenvalue weighted by Gasteiger charge is 2.46. The van der Waals surface area contributed by atoms with Gasteiger partial charge in [0.25, 0.3) is 0 Å². The number of hydrogen-bond donors (Lipinski definition) is 0. The molecule has 312 valence electrons. The zero-order chi connectivity index (χ0) is 44.0. The topological polar surface area (TPSA) is 8.17 Å². The molecule has 2 heteroatoms. The molecule has 0 N–H and O–H groups in total. The smallest absolute Gasteiger partial charge is 0.0713 e. The molecule has 2 nitrogen and oxygen atoms in total. The van der Waals surface area contributed by atoms with E-state index in [1.165, 1.54) is 88.6 Å². The summed E-state index contributed by atoms with van der Waals surface area (Å²) in [6.07, 6.45) is 0. The maximum Gasteiger partial charge on any atom is 0.0713 e. The zero-order valence-electron chi connectivity index (χ0n) is 37.0. The SMILES string of the molecule is CC1(C)c2ccccc2-c2ccc(N(c3ccc(-c4cccc5c4-c4ccccc4C5(c4ccccc4)c4ccccc4)cc3)c3ccc(-n4c5ccccc5c5ccccc54)cc3)cc21. The molecule has 10 aromatic carbocycles. The van der Waals surface area contributed by atoms with Gasteiger partial charge in [-0.25, -0.2) is 0 Å². The molecule has 0 spiro atoms. The van der Waals surface area contributed by atoms with E-state index in [0.29, 0.717) is 0 Å². The first kappa shape index (κ1) is 38.3. The number of nitrogens with zero attached hydrogens (tertiary/aromatic N) is 2. The molecule has 0 saturated carbocycles. The first-order valence-electron chi connectivity index (χ1n) is 23.1. The summed E-state index contributed by atoms with van der Waals surface area (Å²) < 4.78 is 2.39. The molecule has 0 unspecified atom stereocenters. The number of para-hydroxylation sites is 2. The Balaban J connectivity index is 0.961. The predicted molar refractivity (Wildman–Crippen MR) is 276 cm³/mol. The van der Waals surface area contributed by atoms with Gasteiger partial charge in [0.2, 0.25) is 0 Å². The van der Waals surface area contributed by atoms with Crippen LogP contribution in [0.2, 0.25) is 0 Å². The molecule has 0 radical (unpaired) electrons. The fourth-order valence-electron chi connectivity index (χ4n) is 11.8. The molecule has 0 atom stereocenters. The average molecular weight is 843 g/mol. The molecule has 1 heterocycles. The Kier molecular flexibility index (Phi) is 8.51. The van der Waals surface area contributed by atoms with E-state index in [-0.39, 0.29) is 5.41 Å². The predicted octanol–water partition coefficient (Wildman–Crippen LogP) is 16.6. The van der Waals surface area contributed by atoms with Crippen molar-refractivity contribution in [2.45, 2.75) is 24.7 Å². The van der Waals surface area contributed by atoms with Crippen molar-refractivity contribution >= 4 is 38.9 Å². The Morgan fingerprint density at radius 3 is 1.48 bits per heavy atom. The van der Waals surface area contributed by atoms with E-state index in [1.54, 1.807) is 0 Å². The third-order valence-corrected chi connectivity index (χ3v) is 14.7. The van der Waals surface area contributed by atoms with Gasteiger partial charge in [-0.1, -0.05) is 196 Å². The minimum absolute atomic E-state index is 0.128. The van der Waals surface area contributed by atoms with Crippen LogP contribution in [0.3, 0.4) is 0 Å². The maximum atomic E-state index is 2.43. The quantitative estimate of drug-likeness (QED) is 0.155. The van der Waals surface area contributed by atoms with Crippen LogP contribution in [0.5, 0.6) is 0 Å². The monoisotopic (exact) mass is 842 g/mol. The largest absolute Gasteiger partial charge is 0.310 e. The van der Waals surface area contributed by atoms with Crippen LogP contribution in [0.15, 0.2) is 243 Å². The van der Waals surface area contributed by atoms with Crippen molar-refractivity contribution in [1.82, 2.24) is 4.57 Å². The fraction of sp³-hybridized carbons (Fsp3) is 0.0625. The fourth-order valence-corrected chi connectivity index (χ4v) is 11.8. The minimum atomic E-state index is -0.451. The molecule has 2 aliphatic rings. The van der Waals surface area contributed by atoms with Crippen molar-refractivity contribution in [3.05, 3.63) is 276 Å². The summed E-state index contributed by atoms with van der Waals surface area (Å²) in [5.41, 5.74) is 21.9. The number of hydrogen-bond acceptors (Lipinski definition) is 1. The van der Waals surface area contributed by atoms with Gasteiger partial charge in [-0.3, -0.25) is 0 Å². The Bertz CT molecular complexity index is 3560. The molecule has 0 bridgehead atoms. The van der Waals surface area contributed by atoms with Crippen molar-refractivity contribution in [3.8, 4) is 39.1 Å². The van der Waals surface area contributed by atoms with Crippen LogP contribution < -0.4 is 4.90 Å². The van der Waals surface area contributed by atoms with Crippen molar-refractivity contribution < 1.29 is 0 Å². The zero-order valence-corrected chi connectivity index (χ0v) is 37.0. The lowest BCUT2D eigenvalue weighted by molar-refractivity contribution is 0.660. The van der Waals surface area contributed by atoms with Gasteiger partial charge in [-0.2, -0.15) is 0 Å². The molecule has 2 aliphatic carbocycles. The van der Waals surface area contributed by atoms with Crippen LogP contribution in [0.25, 0.3) is 60.9 Å². The van der Waals surface area contributed by atoms with Crippen molar-refractivity contribution in [3.63, 3.8) is 0 Å². The van der Waals surface area contributed by atoms with Gasteiger partial charge in [-0.15, -0.1) is 0 Å². The number of fused-ring (bicyclic) bond motifs is 9. The first-order chi connectivity index (χ1) is 32.5. The number of benzene rings is 10. The van der Waals surface area contributed by atoms with Gasteiger partial charge in [-0.05, 0) is 127 Å². The van der Waals surface area contributed by atoms with Crippen molar-refractivity contribution in [2.75, 3.05) is 4.90 Å². The molecule has 11 aromatic rings. The summed E-state index contributed by atoms with van der Waals surface area (Å²) in [6, 6.07) is 89.9. The molecule has 66 heavy (non-hydrogen) atoms. The Hall–Kier alpha value is -8.20. The van der Waals surface area contributed by atoms with Gasteiger partial charge in [0.05, 0.1) is 16.4 Å². The number of anilines is 3. The third-order valence-electron chi connectivity index (χ3n) is 14.7. The van der Waals surface area contributed by atoms with E-state index in [0.717, 1.165) is 22.7 Å². The van der Waals surface area contributed by atoms with Crippen molar-refractivity contribution in [1.29, 1.82) is 0 Å². The van der Waals surface area contributed by atoms with Gasteiger partial charge in [0.1, 0.15) is 0 Å². The van der Waals surface area contributed by atoms with E-state index >= 15 is 0 Å². The lowest BCUT2D eigenvalue weighted by Gasteiger charge is -2.34. The summed E-state index contributed by atoms with van der Waals surface area (Å²) in [4.78, 5) is 2.43. The summed E-state index contributed by atoms with van der Waals surface area (Å²) in [6.45, 7) is 4.73. The molecule has 0 fully saturated rings. The lowest BCUT2D eigenvalue weighted by Crippen LogP contribution is -2.28. The molecule has 0 amide bonds. The molecule has 0 saturated heterocycles. The lowest BCUT2D eigenvalue weighted by atomic mass is 9.67. The molecule has 1 aromatic heterocycles. The first-order valence-corrected chi connectivity index (χ1v) is 23.1. The number of rotatable bonds is 7. The standard InChI is InChI=1S/C64H46N2/c1-63(2)56-27-13-9-22-51(56)52-41-40-49(42-59(52)63)65(47-36-38-48(39-37-47)66-60-30-15-11-23-53(60)54-24-12-16-31-61(54)66)46-34-32-43(33-35-46)50-26-17-29-58-62(50)55-25-10-14-28-57(55)64(58,44-18-5-3-6-19-44)45-20-7-4-8-21-45/h3-42H,1-2H3. The maximum absolute atomic E-state index is 2.43. The van der Waals surface area contributed by atoms with E-state index in [2.05, 4.69) is 266 Å². The molecular formula is C64H46N2. The van der Waals surface area contributed by atoms with E-state index in [9.17, 15) is 0 Å². The van der Waals surface area contributed by atoms with Gasteiger partial charge in [0.15, 0.2) is 0 Å². The van der Waals surface area contributed by atoms with E-state index in [4.69, 9.17) is 0 Å². The second-order valence-corrected chi connectivity index (χ2v) is 18.4. The van der Waals surface area contributed by atoms with Crippen LogP contribution in [-0.2, 0) is 10.8 Å². The van der Waals surface area contributed by atoms with Gasteiger partial charge in [0, 0.05) is 38.9 Å². The highest BCUT2D eigenvalue weighted by atomic mass is 15.1. The van der Waals surface area contributed by atoms with Crippen LogP contribution in [0.1, 0.15) is 47.2 Å². The van der Waals surface area contributed by atoms with Crippen LogP contribution in [-0.4, -0.2) is 4.57 Å². The Morgan fingerprint density at radius 1 is 0.348 bits per heavy atom. The highest BCUT2D eigenvalue weighted by molar-refractivity contribution is 6.09. The van der Waals surface area contributed by atoms with Crippen LogP contribution in [0.4, 0.5) is 17.1 Å². The van der Waals surface area contributed by atoms with E-state index < -0.39 is 5.41 Å². The second kappa shape index (κ2) is 14.7. The third kappa shape index (κ3) is 5.48. The average Bonchev–Trinajstić information content (AvgIpc) is 3.96. The summed E-state index contributed by atoms with van der Waals surface area (Å²) in [7, 11) is 0. The molecule has 0 aliphatic heterocycles. The highest BCUT2D eigenvalue weighted by Crippen LogP contribution is 2.58. The minimum Gasteiger partial charge on any atom is -0.310 e. The van der Waals surface area contributed by atoms with Crippen LogP contribution in [0, 0.1) is 0 Å². The van der Waals surface area contributed by atoms with Crippen LogP contribution >= 0.6 is 0 Å².